The minimum Gasteiger partial charge on any atom is -0.492 e. The Morgan fingerprint density at radius 2 is 1.47 bits per heavy atom. The van der Waals surface area contributed by atoms with Crippen molar-refractivity contribution >= 4 is 22.4 Å². The third kappa shape index (κ3) is 4.27. The zero-order valence-electron chi connectivity index (χ0n) is 17.5. The molecule has 2 aromatic heterocycles. The van der Waals surface area contributed by atoms with Crippen LogP contribution in [-0.4, -0.2) is 28.1 Å². The molecule has 0 aliphatic carbocycles. The highest BCUT2D eigenvalue weighted by Gasteiger charge is 2.17. The number of hydrogen-bond donors (Lipinski definition) is 0. The van der Waals surface area contributed by atoms with Crippen molar-refractivity contribution in [3.8, 4) is 17.1 Å². The van der Waals surface area contributed by atoms with Crippen LogP contribution in [0, 0.1) is 0 Å². The zero-order valence-corrected chi connectivity index (χ0v) is 17.5. The Bertz CT molecular complexity index is 1290. The number of aromatic nitrogens is 3. The van der Waals surface area contributed by atoms with Crippen molar-refractivity contribution in [2.24, 2.45) is 0 Å². The second-order valence-electron chi connectivity index (χ2n) is 7.28. The molecule has 2 heterocycles. The van der Waals surface area contributed by atoms with Crippen LogP contribution in [0.5, 0.6) is 5.75 Å². The van der Waals surface area contributed by atoms with Gasteiger partial charge in [0.2, 0.25) is 0 Å². The normalized spacial score (nSPS) is 10.8. The molecule has 0 spiro atoms. The van der Waals surface area contributed by atoms with Crippen molar-refractivity contribution < 1.29 is 4.74 Å². The van der Waals surface area contributed by atoms with E-state index in [0.29, 0.717) is 19.0 Å². The van der Waals surface area contributed by atoms with Gasteiger partial charge in [-0.05, 0) is 48.5 Å². The van der Waals surface area contributed by atoms with Gasteiger partial charge in [-0.3, -0.25) is 4.98 Å². The topological polar surface area (TPSA) is 51.1 Å². The lowest BCUT2D eigenvalue weighted by atomic mass is 10.2. The molecule has 0 aliphatic heterocycles. The Morgan fingerprint density at radius 3 is 2.25 bits per heavy atom. The van der Waals surface area contributed by atoms with Crippen molar-refractivity contribution in [3.63, 3.8) is 0 Å². The molecular weight excluding hydrogens is 396 g/mol. The molecule has 0 unspecified atom stereocenters. The number of nitrogens with zero attached hydrogens (tertiary/aromatic N) is 4. The van der Waals surface area contributed by atoms with E-state index in [1.54, 1.807) is 12.4 Å². The molecule has 5 heteroatoms. The van der Waals surface area contributed by atoms with Crippen molar-refractivity contribution in [3.05, 3.63) is 109 Å². The minimum atomic E-state index is 0.513. The maximum Gasteiger partial charge on any atom is 0.163 e. The number of ether oxygens (including phenoxy) is 1. The van der Waals surface area contributed by atoms with Gasteiger partial charge in [0.15, 0.2) is 5.82 Å². The van der Waals surface area contributed by atoms with E-state index in [0.717, 1.165) is 33.7 Å². The summed E-state index contributed by atoms with van der Waals surface area (Å²) in [4.78, 5) is 16.2. The maximum atomic E-state index is 6.01. The summed E-state index contributed by atoms with van der Waals surface area (Å²) < 4.78 is 6.01. The summed E-state index contributed by atoms with van der Waals surface area (Å²) in [6.07, 6.45) is 3.54. The van der Waals surface area contributed by atoms with Crippen LogP contribution in [-0.2, 0) is 0 Å². The van der Waals surface area contributed by atoms with E-state index >= 15 is 0 Å². The molecule has 0 N–H and O–H groups in total. The lowest BCUT2D eigenvalue weighted by Gasteiger charge is -2.25. The lowest BCUT2D eigenvalue weighted by Crippen LogP contribution is -2.25. The van der Waals surface area contributed by atoms with Crippen molar-refractivity contribution in [2.75, 3.05) is 18.1 Å². The summed E-state index contributed by atoms with van der Waals surface area (Å²) in [6, 6.07) is 32.1. The van der Waals surface area contributed by atoms with Crippen molar-refractivity contribution in [1.82, 2.24) is 15.0 Å². The Hall–Kier alpha value is -4.25. The highest BCUT2D eigenvalue weighted by atomic mass is 16.5. The summed E-state index contributed by atoms with van der Waals surface area (Å²) in [5.41, 5.74) is 2.82. The molecule has 0 atom stereocenters. The van der Waals surface area contributed by atoms with E-state index in [-0.39, 0.29) is 0 Å². The molecule has 3 aromatic carbocycles. The highest BCUT2D eigenvalue weighted by Crippen LogP contribution is 2.32. The van der Waals surface area contributed by atoms with Gasteiger partial charge in [-0.15, -0.1) is 0 Å². The van der Waals surface area contributed by atoms with Gasteiger partial charge in [0, 0.05) is 29.0 Å². The third-order valence-corrected chi connectivity index (χ3v) is 5.15. The van der Waals surface area contributed by atoms with Gasteiger partial charge in [0.1, 0.15) is 18.2 Å². The molecule has 0 saturated carbocycles. The molecule has 0 radical (unpaired) electrons. The smallest absolute Gasteiger partial charge is 0.163 e. The van der Waals surface area contributed by atoms with E-state index in [2.05, 4.69) is 28.1 Å². The van der Waals surface area contributed by atoms with Crippen LogP contribution in [0.25, 0.3) is 22.3 Å². The van der Waals surface area contributed by atoms with E-state index < -0.39 is 0 Å². The molecule has 0 amide bonds. The zero-order chi connectivity index (χ0) is 21.6. The quantitative estimate of drug-likeness (QED) is 0.329. The number of para-hydroxylation sites is 3. The number of fused-ring (bicyclic) bond motifs is 1. The number of pyridine rings is 1. The molecule has 0 saturated heterocycles. The van der Waals surface area contributed by atoms with Crippen LogP contribution in [0.2, 0.25) is 0 Å². The van der Waals surface area contributed by atoms with Crippen LogP contribution < -0.4 is 9.64 Å². The second-order valence-corrected chi connectivity index (χ2v) is 7.28. The highest BCUT2D eigenvalue weighted by molar-refractivity contribution is 5.93. The monoisotopic (exact) mass is 418 g/mol. The molecule has 0 aliphatic rings. The first kappa shape index (κ1) is 19.7. The van der Waals surface area contributed by atoms with Crippen LogP contribution >= 0.6 is 0 Å². The van der Waals surface area contributed by atoms with E-state index in [1.165, 1.54) is 0 Å². The predicted molar refractivity (Wildman–Crippen MR) is 128 cm³/mol. The van der Waals surface area contributed by atoms with Crippen LogP contribution in [0.1, 0.15) is 0 Å². The second kappa shape index (κ2) is 9.27. The summed E-state index contributed by atoms with van der Waals surface area (Å²) in [5, 5.41) is 0.990. The maximum absolute atomic E-state index is 6.01. The minimum absolute atomic E-state index is 0.513. The van der Waals surface area contributed by atoms with Crippen molar-refractivity contribution in [1.29, 1.82) is 0 Å². The summed E-state index contributed by atoms with van der Waals surface area (Å²) >= 11 is 0. The van der Waals surface area contributed by atoms with Gasteiger partial charge in [0.05, 0.1) is 12.1 Å². The first-order valence-electron chi connectivity index (χ1n) is 10.6. The van der Waals surface area contributed by atoms with E-state index in [1.807, 2.05) is 78.9 Å². The number of anilines is 2. The molecular formula is C27H22N4O. The molecule has 0 bridgehead atoms. The van der Waals surface area contributed by atoms with Gasteiger partial charge in [-0.2, -0.15) is 0 Å². The van der Waals surface area contributed by atoms with Crippen LogP contribution in [0.15, 0.2) is 109 Å². The van der Waals surface area contributed by atoms with Crippen LogP contribution in [0.4, 0.5) is 11.5 Å². The van der Waals surface area contributed by atoms with Gasteiger partial charge in [-0.25, -0.2) is 9.97 Å². The SMILES string of the molecule is c1ccc(OCCN(c2ccccc2)c2nc(-c3cccnc3)nc3ccccc23)cc1. The standard InChI is InChI=1S/C27H22N4O/c1-3-11-22(12-4-1)31(18-19-32-23-13-5-2-6-14-23)27-24-15-7-8-16-25(24)29-26(30-27)21-10-9-17-28-20-21/h1-17,20H,18-19H2. The first-order valence-corrected chi connectivity index (χ1v) is 10.6. The van der Waals surface area contributed by atoms with Gasteiger partial charge in [0.25, 0.3) is 0 Å². The molecule has 5 nitrogen and oxygen atoms in total. The fraction of sp³-hybridized carbons (Fsp3) is 0.0741. The number of hydrogen-bond acceptors (Lipinski definition) is 5. The molecule has 5 aromatic rings. The van der Waals surface area contributed by atoms with Crippen molar-refractivity contribution in [2.45, 2.75) is 0 Å². The fourth-order valence-electron chi connectivity index (χ4n) is 3.63. The predicted octanol–water partition coefficient (Wildman–Crippen LogP) is 5.91. The lowest BCUT2D eigenvalue weighted by molar-refractivity contribution is 0.327. The van der Waals surface area contributed by atoms with Gasteiger partial charge in [-0.1, -0.05) is 48.5 Å². The van der Waals surface area contributed by atoms with E-state index in [4.69, 9.17) is 14.7 Å². The van der Waals surface area contributed by atoms with Gasteiger partial charge >= 0.3 is 0 Å². The average Bonchev–Trinajstić information content (AvgIpc) is 2.88. The molecule has 5 rings (SSSR count). The average molecular weight is 419 g/mol. The van der Waals surface area contributed by atoms with Crippen LogP contribution in [0.3, 0.4) is 0 Å². The number of rotatable bonds is 7. The summed E-state index contributed by atoms with van der Waals surface area (Å²) in [6.45, 7) is 1.14. The van der Waals surface area contributed by atoms with E-state index in [9.17, 15) is 0 Å². The fourth-order valence-corrected chi connectivity index (χ4v) is 3.63. The molecule has 156 valence electrons. The Balaban J connectivity index is 1.57. The number of benzene rings is 3. The summed E-state index contributed by atoms with van der Waals surface area (Å²) in [7, 11) is 0. The molecule has 0 fully saturated rings. The Labute approximate surface area is 187 Å². The summed E-state index contributed by atoms with van der Waals surface area (Å²) in [5.74, 6) is 2.35. The largest absolute Gasteiger partial charge is 0.492 e. The van der Waals surface area contributed by atoms with Gasteiger partial charge < -0.3 is 9.64 Å². The third-order valence-electron chi connectivity index (χ3n) is 5.15. The molecule has 32 heavy (non-hydrogen) atoms. The Morgan fingerprint density at radius 1 is 0.719 bits per heavy atom. The first-order chi connectivity index (χ1) is 15.9. The Kier molecular flexibility index (Phi) is 5.70.